The number of benzene rings is 1. The van der Waals surface area contributed by atoms with Crippen LogP contribution >= 0.6 is 0 Å². The number of likely N-dealkylation sites (N-methyl/N-ethyl adjacent to an activating group) is 1. The van der Waals surface area contributed by atoms with E-state index in [9.17, 15) is 4.39 Å². The van der Waals surface area contributed by atoms with Crippen LogP contribution in [0.2, 0.25) is 0 Å². The molecule has 2 unspecified atom stereocenters. The van der Waals surface area contributed by atoms with Gasteiger partial charge in [0, 0.05) is 18.6 Å². The molecule has 0 amide bonds. The predicted molar refractivity (Wildman–Crippen MR) is 72.5 cm³/mol. The second kappa shape index (κ2) is 6.71. The third kappa shape index (κ3) is 4.27. The zero-order chi connectivity index (χ0) is 13.7. The minimum absolute atomic E-state index is 0.111. The van der Waals surface area contributed by atoms with Gasteiger partial charge in [-0.15, -0.1) is 0 Å². The number of nitrogens with zero attached hydrogens (tertiary/aromatic N) is 1. The van der Waals surface area contributed by atoms with Gasteiger partial charge in [-0.3, -0.25) is 0 Å². The van der Waals surface area contributed by atoms with Gasteiger partial charge in [-0.1, -0.05) is 6.07 Å². The molecule has 0 spiro atoms. The molecule has 1 aromatic carbocycles. The normalized spacial score (nSPS) is 14.6. The van der Waals surface area contributed by atoms with Gasteiger partial charge in [-0.2, -0.15) is 0 Å². The summed E-state index contributed by atoms with van der Waals surface area (Å²) in [7, 11) is 5.55. The van der Waals surface area contributed by atoms with Crippen LogP contribution < -0.4 is 10.1 Å². The molecule has 1 aromatic rings. The Balaban J connectivity index is 2.66. The molecular formula is C14H23FN2O. The first-order valence-corrected chi connectivity index (χ1v) is 6.18. The van der Waals surface area contributed by atoms with E-state index in [2.05, 4.69) is 17.1 Å². The number of hydrogen-bond acceptors (Lipinski definition) is 3. The van der Waals surface area contributed by atoms with E-state index in [1.807, 2.05) is 27.1 Å². The van der Waals surface area contributed by atoms with Crippen molar-refractivity contribution in [1.29, 1.82) is 0 Å². The van der Waals surface area contributed by atoms with Gasteiger partial charge in [-0.25, -0.2) is 4.39 Å². The third-order valence-electron chi connectivity index (χ3n) is 2.85. The molecule has 3 nitrogen and oxygen atoms in total. The molecule has 0 aliphatic heterocycles. The van der Waals surface area contributed by atoms with E-state index < -0.39 is 0 Å². The lowest BCUT2D eigenvalue weighted by Crippen LogP contribution is -2.37. The van der Waals surface area contributed by atoms with Crippen molar-refractivity contribution in [1.82, 2.24) is 10.2 Å². The molecule has 0 saturated carbocycles. The van der Waals surface area contributed by atoms with Crippen LogP contribution in [0.3, 0.4) is 0 Å². The van der Waals surface area contributed by atoms with Crippen molar-refractivity contribution in [2.45, 2.75) is 25.9 Å². The average Bonchev–Trinajstić information content (AvgIpc) is 2.27. The van der Waals surface area contributed by atoms with E-state index in [1.165, 1.54) is 13.2 Å². The first kappa shape index (κ1) is 14.9. The van der Waals surface area contributed by atoms with Crippen molar-refractivity contribution in [3.05, 3.63) is 29.6 Å². The Kier molecular flexibility index (Phi) is 5.56. The quantitative estimate of drug-likeness (QED) is 0.844. The first-order valence-electron chi connectivity index (χ1n) is 6.18. The summed E-state index contributed by atoms with van der Waals surface area (Å²) < 4.78 is 18.5. The highest BCUT2D eigenvalue weighted by Gasteiger charge is 2.12. The van der Waals surface area contributed by atoms with Crippen LogP contribution in [0.4, 0.5) is 4.39 Å². The topological polar surface area (TPSA) is 24.5 Å². The summed E-state index contributed by atoms with van der Waals surface area (Å²) in [6.07, 6.45) is 0. The number of ether oxygens (including phenoxy) is 1. The van der Waals surface area contributed by atoms with Gasteiger partial charge in [0.05, 0.1) is 7.11 Å². The second-order valence-corrected chi connectivity index (χ2v) is 4.95. The maximum Gasteiger partial charge on any atom is 0.165 e. The Bertz CT molecular complexity index is 382. The monoisotopic (exact) mass is 254 g/mol. The molecule has 0 fully saturated rings. The predicted octanol–water partition coefficient (Wildman–Crippen LogP) is 2.44. The fourth-order valence-electron chi connectivity index (χ4n) is 2.08. The standard InChI is InChI=1S/C14H23FN2O/c1-10(9-17(3)4)16-11(2)12-6-7-14(18-5)13(15)8-12/h6-8,10-11,16H,9H2,1-5H3. The van der Waals surface area contributed by atoms with E-state index in [4.69, 9.17) is 4.74 Å². The van der Waals surface area contributed by atoms with Crippen molar-refractivity contribution in [2.75, 3.05) is 27.7 Å². The molecule has 4 heteroatoms. The minimum Gasteiger partial charge on any atom is -0.494 e. The molecule has 1 rings (SSSR count). The molecular weight excluding hydrogens is 231 g/mol. The fraction of sp³-hybridized carbons (Fsp3) is 0.571. The Hall–Kier alpha value is -1.13. The Labute approximate surface area is 109 Å². The molecule has 0 saturated heterocycles. The third-order valence-corrected chi connectivity index (χ3v) is 2.85. The van der Waals surface area contributed by atoms with Crippen LogP contribution in [0.25, 0.3) is 0 Å². The van der Waals surface area contributed by atoms with Crippen molar-refractivity contribution in [2.24, 2.45) is 0 Å². The molecule has 102 valence electrons. The van der Waals surface area contributed by atoms with Crippen molar-refractivity contribution < 1.29 is 9.13 Å². The zero-order valence-corrected chi connectivity index (χ0v) is 11.8. The van der Waals surface area contributed by atoms with Crippen LogP contribution in [-0.4, -0.2) is 38.7 Å². The first-order chi connectivity index (χ1) is 8.43. The highest BCUT2D eigenvalue weighted by Crippen LogP contribution is 2.21. The van der Waals surface area contributed by atoms with Crippen LogP contribution in [-0.2, 0) is 0 Å². The Morgan fingerprint density at radius 3 is 2.50 bits per heavy atom. The van der Waals surface area contributed by atoms with Crippen molar-refractivity contribution >= 4 is 0 Å². The summed E-state index contributed by atoms with van der Waals surface area (Å²) in [5.41, 5.74) is 0.930. The molecule has 0 aromatic heterocycles. The van der Waals surface area contributed by atoms with Gasteiger partial charge < -0.3 is 15.0 Å². The van der Waals surface area contributed by atoms with Gasteiger partial charge in [0.25, 0.3) is 0 Å². The second-order valence-electron chi connectivity index (χ2n) is 4.95. The van der Waals surface area contributed by atoms with Crippen molar-refractivity contribution in [3.63, 3.8) is 0 Å². The summed E-state index contributed by atoms with van der Waals surface area (Å²) in [5, 5.41) is 3.44. The lowest BCUT2D eigenvalue weighted by Gasteiger charge is -2.23. The summed E-state index contributed by atoms with van der Waals surface area (Å²) in [6, 6.07) is 5.54. The van der Waals surface area contributed by atoms with E-state index in [0.29, 0.717) is 6.04 Å². The summed E-state index contributed by atoms with van der Waals surface area (Å²) in [6.45, 7) is 5.10. The zero-order valence-electron chi connectivity index (χ0n) is 11.8. The van der Waals surface area contributed by atoms with E-state index in [0.717, 1.165) is 12.1 Å². The number of rotatable bonds is 6. The van der Waals surface area contributed by atoms with E-state index >= 15 is 0 Å². The van der Waals surface area contributed by atoms with Gasteiger partial charge in [-0.05, 0) is 45.6 Å². The lowest BCUT2D eigenvalue weighted by atomic mass is 10.1. The smallest absolute Gasteiger partial charge is 0.165 e. The molecule has 0 aliphatic rings. The van der Waals surface area contributed by atoms with Gasteiger partial charge >= 0.3 is 0 Å². The van der Waals surface area contributed by atoms with Crippen LogP contribution in [0.5, 0.6) is 5.75 Å². The summed E-state index contributed by atoms with van der Waals surface area (Å²) >= 11 is 0. The fourth-order valence-corrected chi connectivity index (χ4v) is 2.08. The number of nitrogens with one attached hydrogen (secondary N) is 1. The van der Waals surface area contributed by atoms with Gasteiger partial charge in [0.1, 0.15) is 0 Å². The van der Waals surface area contributed by atoms with E-state index in [1.54, 1.807) is 6.07 Å². The Morgan fingerprint density at radius 2 is 2.00 bits per heavy atom. The number of halogens is 1. The molecule has 0 radical (unpaired) electrons. The van der Waals surface area contributed by atoms with Crippen molar-refractivity contribution in [3.8, 4) is 5.75 Å². The average molecular weight is 254 g/mol. The highest BCUT2D eigenvalue weighted by atomic mass is 19.1. The molecule has 2 atom stereocenters. The number of hydrogen-bond donors (Lipinski definition) is 1. The highest BCUT2D eigenvalue weighted by molar-refractivity contribution is 5.30. The molecule has 0 heterocycles. The summed E-state index contributed by atoms with van der Waals surface area (Å²) in [5.74, 6) is -0.0313. The largest absolute Gasteiger partial charge is 0.494 e. The molecule has 0 aliphatic carbocycles. The van der Waals surface area contributed by atoms with Crippen LogP contribution in [0, 0.1) is 5.82 Å². The number of methoxy groups -OCH3 is 1. The maximum atomic E-state index is 13.6. The molecule has 0 bridgehead atoms. The van der Waals surface area contributed by atoms with E-state index in [-0.39, 0.29) is 17.6 Å². The summed E-state index contributed by atoms with van der Waals surface area (Å²) in [4.78, 5) is 2.12. The SMILES string of the molecule is COc1ccc(C(C)NC(C)CN(C)C)cc1F. The minimum atomic E-state index is -0.316. The maximum absolute atomic E-state index is 13.6. The van der Waals surface area contributed by atoms with Crippen LogP contribution in [0.15, 0.2) is 18.2 Å². The van der Waals surface area contributed by atoms with Gasteiger partial charge in [0.2, 0.25) is 0 Å². The van der Waals surface area contributed by atoms with Gasteiger partial charge in [0.15, 0.2) is 11.6 Å². The van der Waals surface area contributed by atoms with Crippen LogP contribution in [0.1, 0.15) is 25.5 Å². The Morgan fingerprint density at radius 1 is 1.33 bits per heavy atom. The molecule has 18 heavy (non-hydrogen) atoms. The molecule has 1 N–H and O–H groups in total. The lowest BCUT2D eigenvalue weighted by molar-refractivity contribution is 0.334.